The van der Waals surface area contributed by atoms with Crippen LogP contribution in [0.4, 0.5) is 4.39 Å². The van der Waals surface area contributed by atoms with E-state index in [4.69, 9.17) is 0 Å². The largest absolute Gasteiger partial charge is 0.383 e. The van der Waals surface area contributed by atoms with E-state index in [1.807, 2.05) is 20.8 Å². The number of benzene rings is 1. The smallest absolute Gasteiger partial charge is 0.123 e. The molecule has 102 valence electrons. The fraction of sp³-hybridized carbons (Fsp3) is 0.400. The van der Waals surface area contributed by atoms with Crippen LogP contribution >= 0.6 is 11.3 Å². The number of hydrogen-bond donors (Lipinski definition) is 1. The third kappa shape index (κ3) is 2.85. The summed E-state index contributed by atoms with van der Waals surface area (Å²) in [5.41, 5.74) is 1.28. The first-order valence-corrected chi connectivity index (χ1v) is 7.07. The molecule has 1 unspecified atom stereocenters. The van der Waals surface area contributed by atoms with Gasteiger partial charge in [0.2, 0.25) is 0 Å². The fourth-order valence-electron chi connectivity index (χ4n) is 2.04. The number of aromatic nitrogens is 1. The second-order valence-electron chi connectivity index (χ2n) is 5.78. The summed E-state index contributed by atoms with van der Waals surface area (Å²) in [7, 11) is 0. The van der Waals surface area contributed by atoms with Gasteiger partial charge < -0.3 is 5.11 Å². The maximum Gasteiger partial charge on any atom is 0.123 e. The van der Waals surface area contributed by atoms with E-state index in [9.17, 15) is 9.50 Å². The molecule has 0 aliphatic rings. The summed E-state index contributed by atoms with van der Waals surface area (Å²) in [6.07, 6.45) is 2.15. The van der Waals surface area contributed by atoms with Crippen molar-refractivity contribution in [2.45, 2.75) is 32.8 Å². The van der Waals surface area contributed by atoms with Crippen LogP contribution in [-0.2, 0) is 12.0 Å². The molecule has 1 aromatic carbocycles. The predicted molar refractivity (Wildman–Crippen MR) is 75.6 cm³/mol. The Morgan fingerprint density at radius 3 is 2.32 bits per heavy atom. The number of halogens is 1. The quantitative estimate of drug-likeness (QED) is 0.928. The summed E-state index contributed by atoms with van der Waals surface area (Å²) < 4.78 is 13.0. The molecule has 4 heteroatoms. The lowest BCUT2D eigenvalue weighted by atomic mass is 9.72. The number of thiazole rings is 1. The molecular formula is C15H18FNOS. The van der Waals surface area contributed by atoms with Crippen molar-refractivity contribution in [2.75, 3.05) is 0 Å². The maximum absolute atomic E-state index is 13.0. The zero-order chi connectivity index (χ0) is 14.1. The van der Waals surface area contributed by atoms with Crippen LogP contribution in [0.5, 0.6) is 0 Å². The monoisotopic (exact) mass is 279 g/mol. The Morgan fingerprint density at radius 1 is 1.21 bits per heavy atom. The van der Waals surface area contributed by atoms with Crippen LogP contribution in [-0.4, -0.2) is 10.1 Å². The van der Waals surface area contributed by atoms with Gasteiger partial charge in [-0.15, -0.1) is 11.3 Å². The summed E-state index contributed by atoms with van der Waals surface area (Å²) in [6.45, 7) is 5.99. The van der Waals surface area contributed by atoms with E-state index in [0.717, 1.165) is 10.4 Å². The molecule has 0 aliphatic carbocycles. The third-order valence-corrected chi connectivity index (χ3v) is 4.38. The normalized spacial score (nSPS) is 15.2. The second kappa shape index (κ2) is 5.02. The van der Waals surface area contributed by atoms with Crippen LogP contribution in [0.15, 0.2) is 36.0 Å². The van der Waals surface area contributed by atoms with Crippen molar-refractivity contribution in [1.29, 1.82) is 0 Å². The number of nitrogens with zero attached hydrogens (tertiary/aromatic N) is 1. The van der Waals surface area contributed by atoms with Crippen molar-refractivity contribution in [1.82, 2.24) is 4.98 Å². The molecule has 0 radical (unpaired) electrons. The molecule has 2 nitrogen and oxygen atoms in total. The van der Waals surface area contributed by atoms with Crippen LogP contribution in [0.3, 0.4) is 0 Å². The highest BCUT2D eigenvalue weighted by atomic mass is 32.1. The molecule has 0 spiro atoms. The van der Waals surface area contributed by atoms with E-state index in [1.165, 1.54) is 23.5 Å². The molecule has 0 aliphatic heterocycles. The Balaban J connectivity index is 2.37. The minimum absolute atomic E-state index is 0.263. The number of aliphatic hydroxyl groups is 1. The van der Waals surface area contributed by atoms with Gasteiger partial charge in [-0.2, -0.15) is 0 Å². The van der Waals surface area contributed by atoms with Crippen molar-refractivity contribution in [3.8, 4) is 0 Å². The summed E-state index contributed by atoms with van der Waals surface area (Å²) in [4.78, 5) is 4.89. The molecule has 0 saturated heterocycles. The van der Waals surface area contributed by atoms with Crippen molar-refractivity contribution in [2.24, 2.45) is 5.41 Å². The van der Waals surface area contributed by atoms with Crippen LogP contribution < -0.4 is 0 Å². The minimum Gasteiger partial charge on any atom is -0.383 e. The van der Waals surface area contributed by atoms with Crippen LogP contribution in [0.25, 0.3) is 0 Å². The van der Waals surface area contributed by atoms with E-state index in [1.54, 1.807) is 23.8 Å². The molecule has 1 aromatic heterocycles. The van der Waals surface area contributed by atoms with Gasteiger partial charge in [0.15, 0.2) is 0 Å². The Hall–Kier alpha value is -1.26. The molecule has 2 rings (SSSR count). The minimum atomic E-state index is -1.01. The van der Waals surface area contributed by atoms with Crippen LogP contribution in [0, 0.1) is 11.2 Å². The Kier molecular flexibility index (Phi) is 3.74. The van der Waals surface area contributed by atoms with Crippen molar-refractivity contribution in [3.05, 3.63) is 52.2 Å². The lowest BCUT2D eigenvalue weighted by Crippen LogP contribution is -2.41. The first-order valence-electron chi connectivity index (χ1n) is 6.19. The molecule has 0 fully saturated rings. The Bertz CT molecular complexity index is 530. The van der Waals surface area contributed by atoms with Gasteiger partial charge in [-0.1, -0.05) is 32.9 Å². The molecule has 19 heavy (non-hydrogen) atoms. The van der Waals surface area contributed by atoms with Gasteiger partial charge in [-0.05, 0) is 23.1 Å². The molecule has 0 bridgehead atoms. The van der Waals surface area contributed by atoms with Gasteiger partial charge in [0.25, 0.3) is 0 Å². The van der Waals surface area contributed by atoms with E-state index < -0.39 is 5.60 Å². The van der Waals surface area contributed by atoms with Crippen molar-refractivity contribution >= 4 is 11.3 Å². The summed E-state index contributed by atoms with van der Waals surface area (Å²) in [5.74, 6) is -0.263. The summed E-state index contributed by atoms with van der Waals surface area (Å²) in [5, 5.41) is 11.1. The van der Waals surface area contributed by atoms with Gasteiger partial charge in [0.05, 0.1) is 10.4 Å². The topological polar surface area (TPSA) is 33.1 Å². The summed E-state index contributed by atoms with van der Waals surface area (Å²) in [6, 6.07) is 6.27. The van der Waals surface area contributed by atoms with Crippen LogP contribution in [0.2, 0.25) is 0 Å². The molecular weight excluding hydrogens is 261 g/mol. The van der Waals surface area contributed by atoms with Gasteiger partial charge >= 0.3 is 0 Å². The van der Waals surface area contributed by atoms with Crippen molar-refractivity contribution < 1.29 is 9.50 Å². The van der Waals surface area contributed by atoms with Gasteiger partial charge in [-0.3, -0.25) is 4.98 Å². The molecule has 0 amide bonds. The Morgan fingerprint density at radius 2 is 1.84 bits per heavy atom. The lowest BCUT2D eigenvalue weighted by Gasteiger charge is -2.39. The maximum atomic E-state index is 13.0. The van der Waals surface area contributed by atoms with Gasteiger partial charge in [-0.25, -0.2) is 4.39 Å². The molecule has 1 atom stereocenters. The summed E-state index contributed by atoms with van der Waals surface area (Å²) >= 11 is 1.44. The van der Waals surface area contributed by atoms with E-state index in [2.05, 4.69) is 4.98 Å². The van der Waals surface area contributed by atoms with Crippen LogP contribution in [0.1, 0.15) is 31.2 Å². The zero-order valence-electron chi connectivity index (χ0n) is 11.4. The Labute approximate surface area is 116 Å². The highest BCUT2D eigenvalue weighted by Gasteiger charge is 2.42. The van der Waals surface area contributed by atoms with Gasteiger partial charge in [0.1, 0.15) is 11.4 Å². The van der Waals surface area contributed by atoms with E-state index in [0.29, 0.717) is 6.42 Å². The first-order chi connectivity index (χ1) is 8.83. The fourth-order valence-corrected chi connectivity index (χ4v) is 2.97. The second-order valence-corrected chi connectivity index (χ2v) is 6.67. The van der Waals surface area contributed by atoms with E-state index >= 15 is 0 Å². The zero-order valence-corrected chi connectivity index (χ0v) is 12.2. The standard InChI is InChI=1S/C15H18FNOS/c1-14(2,3)15(18,13-9-17-10-19-13)8-11-4-6-12(16)7-5-11/h4-7,9-10,18H,8H2,1-3H3. The number of hydrogen-bond acceptors (Lipinski definition) is 3. The highest BCUT2D eigenvalue weighted by molar-refractivity contribution is 7.09. The van der Waals surface area contributed by atoms with Crippen molar-refractivity contribution in [3.63, 3.8) is 0 Å². The molecule has 0 saturated carbocycles. The predicted octanol–water partition coefficient (Wildman–Crippen LogP) is 3.76. The first kappa shape index (κ1) is 14.2. The molecule has 1 heterocycles. The van der Waals surface area contributed by atoms with Gasteiger partial charge in [0, 0.05) is 12.6 Å². The number of rotatable bonds is 3. The highest BCUT2D eigenvalue weighted by Crippen LogP contribution is 2.43. The van der Waals surface area contributed by atoms with E-state index in [-0.39, 0.29) is 11.2 Å². The average Bonchev–Trinajstić information content (AvgIpc) is 2.84. The molecule has 2 aromatic rings. The third-order valence-electron chi connectivity index (χ3n) is 3.45. The lowest BCUT2D eigenvalue weighted by molar-refractivity contribution is -0.0610. The SMILES string of the molecule is CC(C)(C)C(O)(Cc1ccc(F)cc1)c1cncs1. The average molecular weight is 279 g/mol. The molecule has 1 N–H and O–H groups in total.